The van der Waals surface area contributed by atoms with Crippen molar-refractivity contribution in [3.63, 3.8) is 0 Å². The highest BCUT2D eigenvalue weighted by Crippen LogP contribution is 2.35. The highest BCUT2D eigenvalue weighted by atomic mass is 19.1. The Morgan fingerprint density at radius 1 is 1.14 bits per heavy atom. The summed E-state index contributed by atoms with van der Waals surface area (Å²) in [5, 5.41) is 31.9. The summed E-state index contributed by atoms with van der Waals surface area (Å²) in [7, 11) is 0. The fourth-order valence-corrected chi connectivity index (χ4v) is 3.82. The monoisotopic (exact) mass is 491 g/mol. The molecule has 0 unspecified atom stereocenters. The summed E-state index contributed by atoms with van der Waals surface area (Å²) in [6, 6.07) is 5.80. The van der Waals surface area contributed by atoms with Gasteiger partial charge in [0.25, 0.3) is 5.91 Å². The van der Waals surface area contributed by atoms with Crippen molar-refractivity contribution in [2.75, 3.05) is 11.9 Å². The Morgan fingerprint density at radius 3 is 2.54 bits per heavy atom. The van der Waals surface area contributed by atoms with Crippen LogP contribution in [0.4, 0.5) is 18.9 Å². The molecule has 184 valence electrons. The summed E-state index contributed by atoms with van der Waals surface area (Å²) in [5.74, 6) is -4.12. The van der Waals surface area contributed by atoms with Gasteiger partial charge in [-0.15, -0.1) is 0 Å². The lowest BCUT2D eigenvalue weighted by molar-refractivity contribution is -0.181. The van der Waals surface area contributed by atoms with Crippen LogP contribution < -0.4 is 10.9 Å². The molecular formula is C23H20F3N3O6. The molecule has 1 aliphatic heterocycles. The van der Waals surface area contributed by atoms with Gasteiger partial charge in [-0.25, -0.2) is 18.2 Å². The number of carbonyl (C=O) groups is 1. The number of aliphatic hydroxyl groups is 3. The Bertz CT molecular complexity index is 1300. The average Bonchev–Trinajstić information content (AvgIpc) is 2.82. The van der Waals surface area contributed by atoms with Crippen LogP contribution in [0.25, 0.3) is 11.3 Å². The smallest absolute Gasteiger partial charge is 0.274 e. The van der Waals surface area contributed by atoms with Gasteiger partial charge in [0.05, 0.1) is 30.1 Å². The molecule has 9 nitrogen and oxygen atoms in total. The van der Waals surface area contributed by atoms with Crippen molar-refractivity contribution in [3.8, 4) is 11.3 Å². The van der Waals surface area contributed by atoms with E-state index >= 15 is 0 Å². The minimum atomic E-state index is -1.34. The number of benzene rings is 1. The minimum absolute atomic E-state index is 0.0474. The molecule has 1 amide bonds. The number of nitrogens with one attached hydrogen (secondary N) is 2. The van der Waals surface area contributed by atoms with Crippen LogP contribution in [0, 0.1) is 17.5 Å². The van der Waals surface area contributed by atoms with Gasteiger partial charge in [-0.1, -0.05) is 6.07 Å². The first-order chi connectivity index (χ1) is 16.7. The van der Waals surface area contributed by atoms with Crippen LogP contribution in [0.5, 0.6) is 0 Å². The maximum absolute atomic E-state index is 14.3. The Kier molecular flexibility index (Phi) is 6.98. The van der Waals surface area contributed by atoms with E-state index in [-0.39, 0.29) is 17.7 Å². The maximum Gasteiger partial charge on any atom is 0.274 e. The van der Waals surface area contributed by atoms with Crippen LogP contribution in [0.1, 0.15) is 28.6 Å². The molecule has 0 bridgehead atoms. The zero-order valence-corrected chi connectivity index (χ0v) is 17.9. The van der Waals surface area contributed by atoms with Gasteiger partial charge in [0.15, 0.2) is 0 Å². The van der Waals surface area contributed by atoms with Crippen molar-refractivity contribution in [2.45, 2.75) is 30.8 Å². The Balaban J connectivity index is 1.67. The maximum atomic E-state index is 14.3. The third-order valence-corrected chi connectivity index (χ3v) is 5.58. The van der Waals surface area contributed by atoms with Crippen molar-refractivity contribution in [1.82, 2.24) is 9.97 Å². The summed E-state index contributed by atoms with van der Waals surface area (Å²) < 4.78 is 48.3. The number of aliphatic hydroxyl groups excluding tert-OH is 3. The van der Waals surface area contributed by atoms with Crippen LogP contribution in [0.2, 0.25) is 0 Å². The third kappa shape index (κ3) is 4.95. The molecule has 1 saturated heterocycles. The second kappa shape index (κ2) is 9.96. The first-order valence-electron chi connectivity index (χ1n) is 10.5. The number of ether oxygens (including phenoxy) is 1. The average molecular weight is 491 g/mol. The summed E-state index contributed by atoms with van der Waals surface area (Å²) in [4.78, 5) is 31.0. The van der Waals surface area contributed by atoms with E-state index in [0.29, 0.717) is 0 Å². The summed E-state index contributed by atoms with van der Waals surface area (Å²) in [5.41, 5.74) is -2.28. The lowest BCUT2D eigenvalue weighted by atomic mass is 9.94. The van der Waals surface area contributed by atoms with Gasteiger partial charge < -0.3 is 30.4 Å². The highest BCUT2D eigenvalue weighted by Gasteiger charge is 2.38. The largest absolute Gasteiger partial charge is 0.394 e. The van der Waals surface area contributed by atoms with Gasteiger partial charge in [0.1, 0.15) is 41.0 Å². The number of anilines is 1. The molecule has 1 fully saturated rings. The Hall–Kier alpha value is -3.58. The molecule has 1 aliphatic rings. The van der Waals surface area contributed by atoms with Gasteiger partial charge >= 0.3 is 0 Å². The number of pyridine rings is 2. The van der Waals surface area contributed by atoms with E-state index in [0.717, 1.165) is 36.4 Å². The first-order valence-corrected chi connectivity index (χ1v) is 10.5. The van der Waals surface area contributed by atoms with Crippen LogP contribution in [0.3, 0.4) is 0 Å². The van der Waals surface area contributed by atoms with E-state index in [1.54, 1.807) is 0 Å². The van der Waals surface area contributed by atoms with Gasteiger partial charge in [0, 0.05) is 24.2 Å². The molecule has 3 aromatic rings. The number of aromatic nitrogens is 2. The zero-order valence-electron chi connectivity index (χ0n) is 17.9. The van der Waals surface area contributed by atoms with E-state index in [9.17, 15) is 38.1 Å². The standard InChI is InChI=1S/C23H20F3N3O6/c24-11-2-1-3-12(25)20(11)21-13(26)4-5-14(28-21)23(34)29-15-6-19(32)27-8-10(15)17-7-16(31)22(33)18(9-30)35-17/h1-6,8,16-18,22,30-31,33H,7,9H2,(H2,27,29,32,34)/t16-,17-,18-,22+/m1/s1. The van der Waals surface area contributed by atoms with Crippen LogP contribution in [-0.2, 0) is 4.74 Å². The summed E-state index contributed by atoms with van der Waals surface area (Å²) in [6.07, 6.45) is -3.51. The van der Waals surface area contributed by atoms with Crippen LogP contribution >= 0.6 is 0 Å². The van der Waals surface area contributed by atoms with Crippen LogP contribution in [0.15, 0.2) is 47.4 Å². The fraction of sp³-hybridized carbons (Fsp3) is 0.261. The first kappa shape index (κ1) is 24.5. The number of aromatic amines is 1. The zero-order chi connectivity index (χ0) is 25.3. The topological polar surface area (TPSA) is 145 Å². The number of amides is 1. The lowest BCUT2D eigenvalue weighted by Gasteiger charge is -2.37. The molecule has 0 saturated carbocycles. The Morgan fingerprint density at radius 2 is 1.86 bits per heavy atom. The van der Waals surface area contributed by atoms with Crippen molar-refractivity contribution in [3.05, 3.63) is 81.7 Å². The summed E-state index contributed by atoms with van der Waals surface area (Å²) >= 11 is 0. The van der Waals surface area contributed by atoms with Crippen molar-refractivity contribution in [1.29, 1.82) is 0 Å². The molecule has 3 heterocycles. The molecule has 1 aromatic carbocycles. The molecule has 0 radical (unpaired) electrons. The molecular weight excluding hydrogens is 471 g/mol. The van der Waals surface area contributed by atoms with Gasteiger partial charge in [-0.05, 0) is 24.3 Å². The quantitative estimate of drug-likeness (QED) is 0.365. The SMILES string of the molecule is O=C(Nc1cc(=O)[nH]cc1[C@H]1C[C@@H](O)[C@H](O)[C@@H](CO)O1)c1ccc(F)c(-c2c(F)cccc2F)n1. The molecule has 2 aromatic heterocycles. The normalized spacial score (nSPS) is 22.1. The van der Waals surface area contributed by atoms with E-state index in [4.69, 9.17) is 4.74 Å². The van der Waals surface area contributed by atoms with E-state index in [1.165, 1.54) is 6.20 Å². The second-order valence-electron chi connectivity index (χ2n) is 7.88. The number of rotatable bonds is 5. The fourth-order valence-electron chi connectivity index (χ4n) is 3.82. The molecule has 0 aliphatic carbocycles. The molecule has 12 heteroatoms. The molecule has 5 N–H and O–H groups in total. The molecule has 35 heavy (non-hydrogen) atoms. The number of H-pyrrole nitrogens is 1. The minimum Gasteiger partial charge on any atom is -0.394 e. The number of nitrogens with zero attached hydrogens (tertiary/aromatic N) is 1. The molecule has 0 spiro atoms. The highest BCUT2D eigenvalue weighted by molar-refractivity contribution is 6.03. The molecule has 4 rings (SSSR count). The van der Waals surface area contributed by atoms with Gasteiger partial charge in [-0.2, -0.15) is 0 Å². The molecule has 4 atom stereocenters. The Labute approximate surface area is 195 Å². The van der Waals surface area contributed by atoms with E-state index < -0.39 is 76.9 Å². The number of carbonyl (C=O) groups excluding carboxylic acids is 1. The van der Waals surface area contributed by atoms with E-state index in [1.807, 2.05) is 0 Å². The number of hydrogen-bond donors (Lipinski definition) is 5. The lowest BCUT2D eigenvalue weighted by Crippen LogP contribution is -2.47. The number of halogens is 3. The summed E-state index contributed by atoms with van der Waals surface area (Å²) in [6.45, 7) is -0.589. The van der Waals surface area contributed by atoms with Crippen molar-refractivity contribution in [2.24, 2.45) is 0 Å². The number of hydrogen-bond acceptors (Lipinski definition) is 7. The third-order valence-electron chi connectivity index (χ3n) is 5.58. The van der Waals surface area contributed by atoms with E-state index in [2.05, 4.69) is 15.3 Å². The predicted molar refractivity (Wildman–Crippen MR) is 116 cm³/mol. The van der Waals surface area contributed by atoms with Crippen molar-refractivity contribution >= 4 is 11.6 Å². The predicted octanol–water partition coefficient (Wildman–Crippen LogP) is 1.65. The van der Waals surface area contributed by atoms with Crippen LogP contribution in [-0.4, -0.2) is 56.1 Å². The van der Waals surface area contributed by atoms with Crippen molar-refractivity contribution < 1.29 is 38.0 Å². The van der Waals surface area contributed by atoms with Gasteiger partial charge in [-0.3, -0.25) is 9.59 Å². The second-order valence-corrected chi connectivity index (χ2v) is 7.88. The van der Waals surface area contributed by atoms with Gasteiger partial charge in [0.2, 0.25) is 5.56 Å².